The van der Waals surface area contributed by atoms with Gasteiger partial charge in [-0.05, 0) is 31.2 Å². The van der Waals surface area contributed by atoms with E-state index in [1.165, 1.54) is 0 Å². The summed E-state index contributed by atoms with van der Waals surface area (Å²) in [5.41, 5.74) is 8.21. The van der Waals surface area contributed by atoms with E-state index in [0.29, 0.717) is 23.8 Å². The van der Waals surface area contributed by atoms with Crippen molar-refractivity contribution in [3.8, 4) is 6.07 Å². The lowest BCUT2D eigenvalue weighted by Gasteiger charge is -2.18. The Hall–Kier alpha value is -2.61. The maximum Gasteiger partial charge on any atom is 0.150 e. The van der Waals surface area contributed by atoms with Gasteiger partial charge in [0.25, 0.3) is 0 Å². The number of nitrogens with zero attached hydrogens (tertiary/aromatic N) is 4. The van der Waals surface area contributed by atoms with Gasteiger partial charge in [-0.25, -0.2) is 9.97 Å². The summed E-state index contributed by atoms with van der Waals surface area (Å²) in [6.45, 7) is 2.46. The zero-order valence-corrected chi connectivity index (χ0v) is 11.0. The van der Waals surface area contributed by atoms with E-state index in [4.69, 9.17) is 11.0 Å². The van der Waals surface area contributed by atoms with Gasteiger partial charge in [-0.2, -0.15) is 5.26 Å². The molecule has 0 aliphatic rings. The maximum absolute atomic E-state index is 8.77. The third kappa shape index (κ3) is 3.19. The highest BCUT2D eigenvalue weighted by molar-refractivity contribution is 5.49. The van der Waals surface area contributed by atoms with Crippen LogP contribution in [0.3, 0.4) is 0 Å². The number of nitrogen functional groups attached to an aromatic ring is 1. The average Bonchev–Trinajstić information content (AvgIpc) is 2.37. The van der Waals surface area contributed by atoms with Gasteiger partial charge in [0.15, 0.2) is 0 Å². The summed E-state index contributed by atoms with van der Waals surface area (Å²) in [4.78, 5) is 10.6. The minimum Gasteiger partial charge on any atom is -0.384 e. The van der Waals surface area contributed by atoms with E-state index in [1.54, 1.807) is 18.2 Å². The molecule has 0 unspecified atom stereocenters. The first-order valence-electron chi connectivity index (χ1n) is 5.90. The van der Waals surface area contributed by atoms with Crippen molar-refractivity contribution in [3.05, 3.63) is 47.4 Å². The summed E-state index contributed by atoms with van der Waals surface area (Å²) in [6.07, 6.45) is 0. The molecule has 5 heteroatoms. The van der Waals surface area contributed by atoms with Gasteiger partial charge in [0.1, 0.15) is 11.6 Å². The standard InChI is InChI=1S/C14H15N5/c1-10-7-13(16)18-14(17-10)9-19(2)12-5-3-11(8-15)4-6-12/h3-7H,9H2,1-2H3,(H2,16,17,18). The summed E-state index contributed by atoms with van der Waals surface area (Å²) < 4.78 is 0. The minimum absolute atomic E-state index is 0.482. The fraction of sp³-hybridized carbons (Fsp3) is 0.214. The molecule has 0 atom stereocenters. The van der Waals surface area contributed by atoms with Crippen LogP contribution in [0.25, 0.3) is 0 Å². The van der Waals surface area contributed by atoms with Crippen LogP contribution in [0, 0.1) is 18.3 Å². The minimum atomic E-state index is 0.482. The first kappa shape index (κ1) is 12.8. The van der Waals surface area contributed by atoms with E-state index in [0.717, 1.165) is 11.4 Å². The van der Waals surface area contributed by atoms with Crippen molar-refractivity contribution < 1.29 is 0 Å². The lowest BCUT2D eigenvalue weighted by Crippen LogP contribution is -2.18. The van der Waals surface area contributed by atoms with E-state index >= 15 is 0 Å². The second-order valence-corrected chi connectivity index (χ2v) is 4.37. The second-order valence-electron chi connectivity index (χ2n) is 4.37. The van der Waals surface area contributed by atoms with E-state index in [1.807, 2.05) is 31.0 Å². The van der Waals surface area contributed by atoms with Crippen molar-refractivity contribution in [1.29, 1.82) is 5.26 Å². The number of aryl methyl sites for hydroxylation is 1. The molecule has 2 N–H and O–H groups in total. The van der Waals surface area contributed by atoms with Crippen LogP contribution in [-0.2, 0) is 6.54 Å². The maximum atomic E-state index is 8.77. The Morgan fingerprint density at radius 1 is 1.26 bits per heavy atom. The molecule has 0 aliphatic heterocycles. The van der Waals surface area contributed by atoms with Crippen LogP contribution in [0.15, 0.2) is 30.3 Å². The summed E-state index contributed by atoms with van der Waals surface area (Å²) in [5.74, 6) is 1.17. The molecule has 0 saturated carbocycles. The lowest BCUT2D eigenvalue weighted by molar-refractivity contribution is 0.831. The van der Waals surface area contributed by atoms with E-state index in [2.05, 4.69) is 16.0 Å². The van der Waals surface area contributed by atoms with Gasteiger partial charge < -0.3 is 10.6 Å². The number of rotatable bonds is 3. The number of hydrogen-bond acceptors (Lipinski definition) is 5. The molecule has 0 saturated heterocycles. The highest BCUT2D eigenvalue weighted by Crippen LogP contribution is 2.15. The van der Waals surface area contributed by atoms with E-state index < -0.39 is 0 Å². The quantitative estimate of drug-likeness (QED) is 0.903. The molecule has 0 aliphatic carbocycles. The van der Waals surface area contributed by atoms with Gasteiger partial charge in [0.05, 0.1) is 18.2 Å². The van der Waals surface area contributed by atoms with Gasteiger partial charge in [-0.15, -0.1) is 0 Å². The van der Waals surface area contributed by atoms with Gasteiger partial charge in [-0.3, -0.25) is 0 Å². The molecule has 0 radical (unpaired) electrons. The first-order chi connectivity index (χ1) is 9.08. The normalized spacial score (nSPS) is 9.95. The van der Waals surface area contributed by atoms with Crippen LogP contribution in [0.4, 0.5) is 11.5 Å². The fourth-order valence-electron chi connectivity index (χ4n) is 1.82. The topological polar surface area (TPSA) is 78.8 Å². The van der Waals surface area contributed by atoms with Crippen LogP contribution in [-0.4, -0.2) is 17.0 Å². The SMILES string of the molecule is Cc1cc(N)nc(CN(C)c2ccc(C#N)cc2)n1. The van der Waals surface area contributed by atoms with Crippen molar-refractivity contribution in [3.63, 3.8) is 0 Å². The van der Waals surface area contributed by atoms with Gasteiger partial charge in [-0.1, -0.05) is 0 Å². The van der Waals surface area contributed by atoms with E-state index in [9.17, 15) is 0 Å². The third-order valence-electron chi connectivity index (χ3n) is 2.74. The molecule has 5 nitrogen and oxygen atoms in total. The first-order valence-corrected chi connectivity index (χ1v) is 5.90. The Morgan fingerprint density at radius 2 is 1.95 bits per heavy atom. The second kappa shape index (κ2) is 5.36. The number of benzene rings is 1. The molecule has 2 rings (SSSR count). The fourth-order valence-corrected chi connectivity index (χ4v) is 1.82. The molecule has 0 amide bonds. The van der Waals surface area contributed by atoms with Crippen LogP contribution >= 0.6 is 0 Å². The smallest absolute Gasteiger partial charge is 0.150 e. The van der Waals surface area contributed by atoms with Crippen LogP contribution in [0.5, 0.6) is 0 Å². The number of nitrogens with two attached hydrogens (primary N) is 1. The summed E-state index contributed by atoms with van der Waals surface area (Å²) in [7, 11) is 1.95. The van der Waals surface area contributed by atoms with Crippen LogP contribution < -0.4 is 10.6 Å². The molecule has 0 fully saturated rings. The Morgan fingerprint density at radius 3 is 2.53 bits per heavy atom. The zero-order chi connectivity index (χ0) is 13.8. The molecule has 19 heavy (non-hydrogen) atoms. The largest absolute Gasteiger partial charge is 0.384 e. The molecular formula is C14H15N5. The monoisotopic (exact) mass is 253 g/mol. The zero-order valence-electron chi connectivity index (χ0n) is 11.0. The Kier molecular flexibility index (Phi) is 3.62. The molecule has 0 bridgehead atoms. The van der Waals surface area contributed by atoms with Crippen molar-refractivity contribution >= 4 is 11.5 Å². The van der Waals surface area contributed by atoms with E-state index in [-0.39, 0.29) is 0 Å². The highest BCUT2D eigenvalue weighted by Gasteiger charge is 2.06. The van der Waals surface area contributed by atoms with Crippen molar-refractivity contribution in [1.82, 2.24) is 9.97 Å². The van der Waals surface area contributed by atoms with Crippen LogP contribution in [0.1, 0.15) is 17.1 Å². The Balaban J connectivity index is 2.15. The van der Waals surface area contributed by atoms with Crippen LogP contribution in [0.2, 0.25) is 0 Å². The summed E-state index contributed by atoms with van der Waals surface area (Å²) in [6, 6.07) is 11.2. The Bertz CT molecular complexity index is 592. The highest BCUT2D eigenvalue weighted by atomic mass is 15.1. The molecular weight excluding hydrogens is 238 g/mol. The lowest BCUT2D eigenvalue weighted by atomic mass is 10.2. The summed E-state index contributed by atoms with van der Waals surface area (Å²) >= 11 is 0. The molecule has 0 spiro atoms. The molecule has 96 valence electrons. The number of aromatic nitrogens is 2. The molecule has 1 aromatic heterocycles. The van der Waals surface area contributed by atoms with Gasteiger partial charge >= 0.3 is 0 Å². The molecule has 1 aromatic carbocycles. The van der Waals surface area contributed by atoms with Gasteiger partial charge in [0.2, 0.25) is 0 Å². The number of hydrogen-bond donors (Lipinski definition) is 1. The van der Waals surface area contributed by atoms with Crippen molar-refractivity contribution in [2.24, 2.45) is 0 Å². The average molecular weight is 253 g/mol. The summed E-state index contributed by atoms with van der Waals surface area (Å²) in [5, 5.41) is 8.77. The van der Waals surface area contributed by atoms with Crippen molar-refractivity contribution in [2.75, 3.05) is 17.7 Å². The van der Waals surface area contributed by atoms with Gasteiger partial charge in [0, 0.05) is 24.5 Å². The molecule has 2 aromatic rings. The predicted molar refractivity (Wildman–Crippen MR) is 74.4 cm³/mol. The number of nitriles is 1. The molecule has 1 heterocycles. The third-order valence-corrected chi connectivity index (χ3v) is 2.74. The predicted octanol–water partition coefficient (Wildman–Crippen LogP) is 1.88. The Labute approximate surface area is 112 Å². The van der Waals surface area contributed by atoms with Crippen molar-refractivity contribution in [2.45, 2.75) is 13.5 Å². The number of anilines is 2.